The third-order valence-corrected chi connectivity index (χ3v) is 3.34. The molecule has 0 radical (unpaired) electrons. The van der Waals surface area contributed by atoms with Crippen LogP contribution in [0.5, 0.6) is 0 Å². The average molecular weight is 272 g/mol. The summed E-state index contributed by atoms with van der Waals surface area (Å²) >= 11 is 6.08. The fraction of sp³-hybridized carbons (Fsp3) is 0.100. The van der Waals surface area contributed by atoms with Gasteiger partial charge in [-0.05, 0) is 12.1 Å². The van der Waals surface area contributed by atoms with Crippen molar-refractivity contribution in [3.8, 4) is 0 Å². The van der Waals surface area contributed by atoms with Crippen LogP contribution in [0.25, 0.3) is 0 Å². The van der Waals surface area contributed by atoms with Crippen molar-refractivity contribution in [1.82, 2.24) is 5.01 Å². The Hall–Kier alpha value is -1.34. The number of thiocarbonyl (C=S) groups is 1. The minimum absolute atomic E-state index is 0.0962. The Kier molecular flexibility index (Phi) is 3.49. The van der Waals surface area contributed by atoms with Gasteiger partial charge in [0.2, 0.25) is 0 Å². The zero-order valence-corrected chi connectivity index (χ0v) is 10.0. The van der Waals surface area contributed by atoms with Gasteiger partial charge in [-0.15, -0.1) is 0 Å². The molecule has 2 rings (SSSR count). The summed E-state index contributed by atoms with van der Waals surface area (Å²) in [6.45, 7) is 0. The highest BCUT2D eigenvalue weighted by Crippen LogP contribution is 2.19. The van der Waals surface area contributed by atoms with E-state index in [0.717, 1.165) is 23.4 Å². The molecule has 1 aliphatic rings. The molecule has 0 spiro atoms. The molecule has 1 aromatic rings. The van der Waals surface area contributed by atoms with Crippen LogP contribution in [0.1, 0.15) is 5.56 Å². The van der Waals surface area contributed by atoms with Crippen molar-refractivity contribution in [3.05, 3.63) is 35.4 Å². The van der Waals surface area contributed by atoms with Gasteiger partial charge in [0.15, 0.2) is 4.32 Å². The van der Waals surface area contributed by atoms with Gasteiger partial charge in [-0.1, -0.05) is 24.0 Å². The van der Waals surface area contributed by atoms with Gasteiger partial charge in [0.25, 0.3) is 5.91 Å². The van der Waals surface area contributed by atoms with E-state index in [1.807, 2.05) is 0 Å². The van der Waals surface area contributed by atoms with Crippen molar-refractivity contribution in [2.75, 3.05) is 5.75 Å². The summed E-state index contributed by atoms with van der Waals surface area (Å²) in [5.74, 6) is -1.41. The number of halogens is 2. The molecule has 17 heavy (non-hydrogen) atoms. The first-order valence-corrected chi connectivity index (χ1v) is 5.96. The summed E-state index contributed by atoms with van der Waals surface area (Å²) in [7, 11) is 0. The summed E-state index contributed by atoms with van der Waals surface area (Å²) in [6.07, 6.45) is 1.14. The maximum Gasteiger partial charge on any atom is 0.259 e. The molecule has 88 valence electrons. The van der Waals surface area contributed by atoms with Crippen LogP contribution in [-0.4, -0.2) is 27.2 Å². The molecule has 0 N–H and O–H groups in total. The molecule has 1 amide bonds. The lowest BCUT2D eigenvalue weighted by Gasteiger charge is -2.06. The van der Waals surface area contributed by atoms with Crippen LogP contribution < -0.4 is 0 Å². The summed E-state index contributed by atoms with van der Waals surface area (Å²) < 4.78 is 26.2. The van der Waals surface area contributed by atoms with Crippen LogP contribution in [0.2, 0.25) is 0 Å². The molecule has 1 fully saturated rings. The fourth-order valence-corrected chi connectivity index (χ4v) is 2.15. The minimum atomic E-state index is -0.737. The second-order valence-electron chi connectivity index (χ2n) is 3.17. The standard InChI is InChI=1S/C10H6F2N2OS2/c11-7-2-1-6(8(12)3-7)4-13-14-9(15)5-17-10(14)16/h1-4H,5H2. The number of benzene rings is 1. The van der Waals surface area contributed by atoms with Gasteiger partial charge in [-0.3, -0.25) is 4.79 Å². The molecule has 3 nitrogen and oxygen atoms in total. The highest BCUT2D eigenvalue weighted by atomic mass is 32.2. The first kappa shape index (κ1) is 12.1. The van der Waals surface area contributed by atoms with E-state index in [0.29, 0.717) is 4.32 Å². The highest BCUT2D eigenvalue weighted by Gasteiger charge is 2.25. The van der Waals surface area contributed by atoms with E-state index in [4.69, 9.17) is 12.2 Å². The molecule has 1 aromatic carbocycles. The topological polar surface area (TPSA) is 32.7 Å². The van der Waals surface area contributed by atoms with E-state index in [1.54, 1.807) is 0 Å². The van der Waals surface area contributed by atoms with Crippen LogP contribution >= 0.6 is 24.0 Å². The summed E-state index contributed by atoms with van der Waals surface area (Å²) in [4.78, 5) is 11.3. The number of rotatable bonds is 2. The lowest BCUT2D eigenvalue weighted by Crippen LogP contribution is -2.22. The SMILES string of the molecule is O=C1CSC(=S)N1N=Cc1ccc(F)cc1F. The molecule has 0 atom stereocenters. The van der Waals surface area contributed by atoms with Crippen LogP contribution in [0.4, 0.5) is 8.78 Å². The van der Waals surface area contributed by atoms with Crippen LogP contribution in [0.3, 0.4) is 0 Å². The van der Waals surface area contributed by atoms with Crippen LogP contribution in [-0.2, 0) is 4.79 Å². The van der Waals surface area contributed by atoms with E-state index in [1.165, 1.54) is 17.8 Å². The number of nitrogens with zero attached hydrogens (tertiary/aromatic N) is 2. The zero-order chi connectivity index (χ0) is 12.4. The van der Waals surface area contributed by atoms with E-state index in [-0.39, 0.29) is 17.2 Å². The third kappa shape index (κ3) is 2.67. The minimum Gasteiger partial charge on any atom is -0.272 e. The summed E-state index contributed by atoms with van der Waals surface area (Å²) in [6, 6.07) is 3.11. The van der Waals surface area contributed by atoms with Gasteiger partial charge in [-0.25, -0.2) is 8.78 Å². The molecular formula is C10H6F2N2OS2. The number of thioether (sulfide) groups is 1. The molecule has 1 saturated heterocycles. The first-order chi connectivity index (χ1) is 8.08. The highest BCUT2D eigenvalue weighted by molar-refractivity contribution is 8.23. The predicted octanol–water partition coefficient (Wildman–Crippen LogP) is 2.16. The Morgan fingerprint density at radius 3 is 2.82 bits per heavy atom. The molecule has 1 heterocycles. The maximum atomic E-state index is 13.2. The summed E-state index contributed by atoms with van der Waals surface area (Å²) in [5.41, 5.74) is 0.0962. The number of hydrazone groups is 1. The van der Waals surface area contributed by atoms with E-state index >= 15 is 0 Å². The molecule has 0 unspecified atom stereocenters. The zero-order valence-electron chi connectivity index (χ0n) is 8.39. The lowest BCUT2D eigenvalue weighted by atomic mass is 10.2. The van der Waals surface area contributed by atoms with Gasteiger partial charge in [0.05, 0.1) is 12.0 Å². The quantitative estimate of drug-likeness (QED) is 0.611. The Morgan fingerprint density at radius 1 is 1.47 bits per heavy atom. The monoisotopic (exact) mass is 272 g/mol. The Labute approximate surface area is 105 Å². The second-order valence-corrected chi connectivity index (χ2v) is 4.78. The molecule has 7 heteroatoms. The molecule has 0 aliphatic carbocycles. The Bertz CT molecular complexity index is 503. The first-order valence-electron chi connectivity index (χ1n) is 4.56. The number of hydrogen-bond acceptors (Lipinski definition) is 4. The fourth-order valence-electron chi connectivity index (χ4n) is 1.19. The number of hydrogen-bond donors (Lipinski definition) is 0. The van der Waals surface area contributed by atoms with Crippen molar-refractivity contribution >= 4 is 40.4 Å². The summed E-state index contributed by atoms with van der Waals surface area (Å²) in [5, 5.41) is 4.81. The predicted molar refractivity (Wildman–Crippen MR) is 65.9 cm³/mol. The van der Waals surface area contributed by atoms with Gasteiger partial charge in [-0.2, -0.15) is 10.1 Å². The van der Waals surface area contributed by atoms with Gasteiger partial charge < -0.3 is 0 Å². The number of amides is 1. The smallest absolute Gasteiger partial charge is 0.259 e. The Balaban J connectivity index is 2.20. The molecule has 0 aromatic heterocycles. The number of carbonyl (C=O) groups is 1. The number of carbonyl (C=O) groups excluding carboxylic acids is 1. The van der Waals surface area contributed by atoms with Crippen molar-refractivity contribution in [2.45, 2.75) is 0 Å². The van der Waals surface area contributed by atoms with Crippen molar-refractivity contribution < 1.29 is 13.6 Å². The van der Waals surface area contributed by atoms with Crippen molar-refractivity contribution in [1.29, 1.82) is 0 Å². The average Bonchev–Trinajstić information content (AvgIpc) is 2.58. The third-order valence-electron chi connectivity index (χ3n) is 2.00. The molecule has 0 bridgehead atoms. The maximum absolute atomic E-state index is 13.2. The molecule has 0 saturated carbocycles. The Morgan fingerprint density at radius 2 is 2.24 bits per heavy atom. The second kappa shape index (κ2) is 4.89. The normalized spacial score (nSPS) is 16.2. The van der Waals surface area contributed by atoms with Gasteiger partial charge >= 0.3 is 0 Å². The molecular weight excluding hydrogens is 266 g/mol. The van der Waals surface area contributed by atoms with Crippen molar-refractivity contribution in [2.24, 2.45) is 5.10 Å². The molecule has 1 aliphatic heterocycles. The van der Waals surface area contributed by atoms with Gasteiger partial charge in [0.1, 0.15) is 11.6 Å². The van der Waals surface area contributed by atoms with E-state index in [2.05, 4.69) is 5.10 Å². The van der Waals surface area contributed by atoms with Gasteiger partial charge in [0, 0.05) is 11.6 Å². The van der Waals surface area contributed by atoms with E-state index < -0.39 is 11.6 Å². The lowest BCUT2D eigenvalue weighted by molar-refractivity contribution is -0.123. The van der Waals surface area contributed by atoms with Crippen LogP contribution in [0.15, 0.2) is 23.3 Å². The van der Waals surface area contributed by atoms with Crippen molar-refractivity contribution in [3.63, 3.8) is 0 Å². The largest absolute Gasteiger partial charge is 0.272 e. The van der Waals surface area contributed by atoms with Crippen LogP contribution in [0, 0.1) is 11.6 Å². The van der Waals surface area contributed by atoms with E-state index in [9.17, 15) is 13.6 Å².